The zero-order valence-corrected chi connectivity index (χ0v) is 19.8. The van der Waals surface area contributed by atoms with Crippen LogP contribution in [0.15, 0.2) is 41.2 Å². The molecule has 1 saturated heterocycles. The monoisotopic (exact) mass is 483 g/mol. The Kier molecular flexibility index (Phi) is 5.87. The van der Waals surface area contributed by atoms with Crippen molar-refractivity contribution >= 4 is 34.2 Å². The van der Waals surface area contributed by atoms with Crippen molar-refractivity contribution in [2.75, 3.05) is 25.2 Å². The van der Waals surface area contributed by atoms with Gasteiger partial charge in [0.1, 0.15) is 5.56 Å². The highest BCUT2D eigenvalue weighted by Crippen LogP contribution is 2.36. The Hall–Kier alpha value is -3.23. The highest BCUT2D eigenvalue weighted by molar-refractivity contribution is 6.31. The highest BCUT2D eigenvalue weighted by Gasteiger charge is 2.28. The van der Waals surface area contributed by atoms with Crippen LogP contribution in [0.5, 0.6) is 11.5 Å². The number of hydrogen-bond acceptors (Lipinski definition) is 6. The number of ether oxygens (including phenoxy) is 2. The maximum absolute atomic E-state index is 12.8. The van der Waals surface area contributed by atoms with Gasteiger partial charge in [-0.1, -0.05) is 17.7 Å². The van der Waals surface area contributed by atoms with Crippen LogP contribution in [0.4, 0.5) is 5.69 Å². The molecule has 0 spiro atoms. The lowest BCUT2D eigenvalue weighted by Crippen LogP contribution is -2.41. The standard InChI is InChI=1S/C25H26ClN3O5/c1-14(15-3-6-20-21(11-15)34-13-33-20)29-9-7-17(8-10-29)27-23-18-12-16(26)4-5-19(18)28(2)24(30)22(23)25(31)32/h3-6,11-12,14,17,27H,7-10,13H2,1-2H3,(H,31,32). The van der Waals surface area contributed by atoms with Crippen LogP contribution in [-0.2, 0) is 7.05 Å². The first kappa shape index (κ1) is 22.6. The SMILES string of the molecule is CC(c1ccc2c(c1)OCO2)N1CCC(Nc2c(C(=O)O)c(=O)n(C)c3ccc(Cl)cc23)CC1. The summed E-state index contributed by atoms with van der Waals surface area (Å²) in [5, 5.41) is 14.3. The first-order valence-corrected chi connectivity index (χ1v) is 11.7. The first-order chi connectivity index (χ1) is 16.3. The van der Waals surface area contributed by atoms with Gasteiger partial charge in [-0.2, -0.15) is 0 Å². The van der Waals surface area contributed by atoms with Gasteiger partial charge in [-0.05, 0) is 55.7 Å². The Morgan fingerprint density at radius 2 is 1.88 bits per heavy atom. The van der Waals surface area contributed by atoms with Crippen molar-refractivity contribution in [1.82, 2.24) is 9.47 Å². The van der Waals surface area contributed by atoms with Gasteiger partial charge in [-0.25, -0.2) is 4.79 Å². The lowest BCUT2D eigenvalue weighted by Gasteiger charge is -2.37. The molecule has 178 valence electrons. The number of aromatic nitrogens is 1. The summed E-state index contributed by atoms with van der Waals surface area (Å²) in [6.45, 7) is 4.09. The molecule has 1 atom stereocenters. The Bertz CT molecular complexity index is 1330. The van der Waals surface area contributed by atoms with E-state index in [1.807, 2.05) is 12.1 Å². The Balaban J connectivity index is 1.36. The van der Waals surface area contributed by atoms with Crippen LogP contribution in [0.1, 0.15) is 41.7 Å². The molecule has 0 amide bonds. The van der Waals surface area contributed by atoms with E-state index in [4.69, 9.17) is 21.1 Å². The molecule has 8 nitrogen and oxygen atoms in total. The van der Waals surface area contributed by atoms with E-state index in [9.17, 15) is 14.7 Å². The van der Waals surface area contributed by atoms with Crippen molar-refractivity contribution in [3.8, 4) is 11.5 Å². The van der Waals surface area contributed by atoms with Crippen LogP contribution < -0.4 is 20.3 Å². The number of rotatable bonds is 5. The number of hydrogen-bond donors (Lipinski definition) is 2. The molecule has 3 aromatic rings. The minimum absolute atomic E-state index is 0.0348. The fraction of sp³-hybridized carbons (Fsp3) is 0.360. The van der Waals surface area contributed by atoms with Crippen LogP contribution >= 0.6 is 11.6 Å². The lowest BCUT2D eigenvalue weighted by atomic mass is 9.98. The number of aromatic carboxylic acids is 1. The third-order valence-corrected chi connectivity index (χ3v) is 7.11. The molecular weight excluding hydrogens is 458 g/mol. The number of nitrogens with zero attached hydrogens (tertiary/aromatic N) is 2. The number of halogens is 1. The van der Waals surface area contributed by atoms with Crippen LogP contribution in [0.25, 0.3) is 10.9 Å². The molecule has 2 aromatic carbocycles. The predicted molar refractivity (Wildman–Crippen MR) is 130 cm³/mol. The third-order valence-electron chi connectivity index (χ3n) is 6.88. The van der Waals surface area contributed by atoms with Gasteiger partial charge in [0.25, 0.3) is 5.56 Å². The minimum atomic E-state index is -1.25. The lowest BCUT2D eigenvalue weighted by molar-refractivity contribution is 0.0695. The molecule has 0 saturated carbocycles. The summed E-state index contributed by atoms with van der Waals surface area (Å²) in [6.07, 6.45) is 1.62. The molecule has 9 heteroatoms. The molecule has 5 rings (SSSR count). The quantitative estimate of drug-likeness (QED) is 0.560. The molecule has 1 fully saturated rings. The molecule has 34 heavy (non-hydrogen) atoms. The topological polar surface area (TPSA) is 93.0 Å². The minimum Gasteiger partial charge on any atom is -0.477 e. The van der Waals surface area contributed by atoms with Crippen molar-refractivity contribution in [2.24, 2.45) is 7.05 Å². The summed E-state index contributed by atoms with van der Waals surface area (Å²) >= 11 is 6.22. The number of nitrogens with one attached hydrogen (secondary N) is 1. The molecule has 2 aliphatic rings. The zero-order chi connectivity index (χ0) is 24.0. The average molecular weight is 484 g/mol. The molecule has 1 aromatic heterocycles. The van der Waals surface area contributed by atoms with E-state index in [1.165, 1.54) is 4.57 Å². The Labute approximate surface area is 201 Å². The maximum Gasteiger partial charge on any atom is 0.343 e. The maximum atomic E-state index is 12.8. The summed E-state index contributed by atoms with van der Waals surface area (Å²) in [7, 11) is 1.57. The van der Waals surface area contributed by atoms with Crippen molar-refractivity contribution < 1.29 is 19.4 Å². The second-order valence-corrected chi connectivity index (χ2v) is 9.26. The van der Waals surface area contributed by atoms with Crippen molar-refractivity contribution in [3.63, 3.8) is 0 Å². The van der Waals surface area contributed by atoms with Crippen molar-refractivity contribution in [1.29, 1.82) is 0 Å². The van der Waals surface area contributed by atoms with Crippen LogP contribution in [0, 0.1) is 0 Å². The smallest absolute Gasteiger partial charge is 0.343 e. The highest BCUT2D eigenvalue weighted by atomic mass is 35.5. The van der Waals surface area contributed by atoms with Gasteiger partial charge >= 0.3 is 5.97 Å². The Morgan fingerprint density at radius 3 is 2.62 bits per heavy atom. The predicted octanol–water partition coefficient (Wildman–Crippen LogP) is 4.26. The fourth-order valence-corrected chi connectivity index (χ4v) is 5.06. The van der Waals surface area contributed by atoms with Gasteiger partial charge in [0.15, 0.2) is 11.5 Å². The van der Waals surface area contributed by atoms with Gasteiger partial charge < -0.3 is 24.5 Å². The summed E-state index contributed by atoms with van der Waals surface area (Å²) < 4.78 is 12.3. The second kappa shape index (κ2) is 8.85. The van der Waals surface area contributed by atoms with Gasteiger partial charge in [-0.3, -0.25) is 9.69 Å². The molecule has 3 heterocycles. The number of piperidine rings is 1. The third kappa shape index (κ3) is 3.97. The summed E-state index contributed by atoms with van der Waals surface area (Å²) in [6, 6.07) is 11.4. The van der Waals surface area contributed by atoms with Gasteiger partial charge in [0, 0.05) is 42.6 Å². The number of carbonyl (C=O) groups is 1. The van der Waals surface area contributed by atoms with E-state index >= 15 is 0 Å². The Morgan fingerprint density at radius 1 is 1.15 bits per heavy atom. The molecule has 2 N–H and O–H groups in total. The largest absolute Gasteiger partial charge is 0.477 e. The number of likely N-dealkylation sites (tertiary alicyclic amines) is 1. The molecular formula is C25H26ClN3O5. The molecule has 0 aliphatic carbocycles. The van der Waals surface area contributed by atoms with E-state index in [0.717, 1.165) is 43.0 Å². The van der Waals surface area contributed by atoms with Crippen LogP contribution in [0.3, 0.4) is 0 Å². The zero-order valence-electron chi connectivity index (χ0n) is 19.0. The van der Waals surface area contributed by atoms with Gasteiger partial charge in [0.2, 0.25) is 6.79 Å². The van der Waals surface area contributed by atoms with Gasteiger partial charge in [0.05, 0.1) is 11.2 Å². The van der Waals surface area contributed by atoms with Gasteiger partial charge in [-0.15, -0.1) is 0 Å². The van der Waals surface area contributed by atoms with Crippen molar-refractivity contribution in [3.05, 3.63) is 62.9 Å². The van der Waals surface area contributed by atoms with Crippen LogP contribution in [0.2, 0.25) is 5.02 Å². The fourth-order valence-electron chi connectivity index (χ4n) is 4.89. The summed E-state index contributed by atoms with van der Waals surface area (Å²) in [5.74, 6) is 0.298. The summed E-state index contributed by atoms with van der Waals surface area (Å²) in [4.78, 5) is 27.3. The van der Waals surface area contributed by atoms with E-state index in [0.29, 0.717) is 21.6 Å². The van der Waals surface area contributed by atoms with E-state index < -0.39 is 11.5 Å². The number of anilines is 1. The molecule has 0 radical (unpaired) electrons. The number of aryl methyl sites for hydroxylation is 1. The normalized spacial score (nSPS) is 17.1. The number of benzene rings is 2. The average Bonchev–Trinajstić information content (AvgIpc) is 3.30. The van der Waals surface area contributed by atoms with Crippen LogP contribution in [-0.4, -0.2) is 46.5 Å². The van der Waals surface area contributed by atoms with Crippen molar-refractivity contribution in [2.45, 2.75) is 31.8 Å². The summed E-state index contributed by atoms with van der Waals surface area (Å²) in [5.41, 5.74) is 1.34. The number of carboxylic acid groups (broad SMARTS) is 1. The molecule has 1 unspecified atom stereocenters. The second-order valence-electron chi connectivity index (χ2n) is 8.82. The first-order valence-electron chi connectivity index (χ1n) is 11.3. The number of carboxylic acids is 1. The number of pyridine rings is 1. The van der Waals surface area contributed by atoms with E-state index in [-0.39, 0.29) is 24.4 Å². The van der Waals surface area contributed by atoms with E-state index in [2.05, 4.69) is 23.2 Å². The number of fused-ring (bicyclic) bond motifs is 2. The molecule has 0 bridgehead atoms. The van der Waals surface area contributed by atoms with E-state index in [1.54, 1.807) is 25.2 Å². The molecule has 2 aliphatic heterocycles.